The summed E-state index contributed by atoms with van der Waals surface area (Å²) in [5.41, 5.74) is 3.77. The number of anilines is 1. The van der Waals surface area contributed by atoms with Gasteiger partial charge in [-0.15, -0.1) is 0 Å². The minimum absolute atomic E-state index is 0.659. The van der Waals surface area contributed by atoms with Crippen LogP contribution in [-0.2, 0) is 0 Å². The van der Waals surface area contributed by atoms with Gasteiger partial charge in [-0.1, -0.05) is 38.1 Å². The van der Waals surface area contributed by atoms with Gasteiger partial charge < -0.3 is 14.5 Å². The lowest BCUT2D eigenvalue weighted by atomic mass is 10.0. The number of hydrogen-bond acceptors (Lipinski definition) is 4. The van der Waals surface area contributed by atoms with Gasteiger partial charge in [0.25, 0.3) is 0 Å². The van der Waals surface area contributed by atoms with Crippen molar-refractivity contribution in [3.63, 3.8) is 0 Å². The van der Waals surface area contributed by atoms with Crippen molar-refractivity contribution in [1.82, 2.24) is 4.90 Å². The summed E-state index contributed by atoms with van der Waals surface area (Å²) in [7, 11) is 0. The minimum atomic E-state index is 0.659. The second-order valence-corrected chi connectivity index (χ2v) is 6.83. The van der Waals surface area contributed by atoms with Gasteiger partial charge in [-0.2, -0.15) is 5.26 Å². The largest absolute Gasteiger partial charge is 0.492 e. The number of likely N-dealkylation sites (N-methyl/N-ethyl adjacent to an activating group) is 1. The molecule has 2 aromatic carbocycles. The van der Waals surface area contributed by atoms with Crippen molar-refractivity contribution in [3.05, 3.63) is 59.7 Å². The monoisotopic (exact) mass is 391 g/mol. The Morgan fingerprint density at radius 1 is 0.897 bits per heavy atom. The zero-order valence-electron chi connectivity index (χ0n) is 18.2. The Hall–Kier alpha value is -2.77. The first-order chi connectivity index (χ1) is 14.1. The highest BCUT2D eigenvalue weighted by Gasteiger charge is 2.05. The minimum Gasteiger partial charge on any atom is -0.492 e. The molecule has 0 aliphatic heterocycles. The third-order valence-electron chi connectivity index (χ3n) is 5.19. The number of nitriles is 1. The first-order valence-corrected chi connectivity index (χ1v) is 10.6. The van der Waals surface area contributed by atoms with Gasteiger partial charge in [-0.05, 0) is 68.4 Å². The lowest BCUT2D eigenvalue weighted by Gasteiger charge is -2.21. The third kappa shape index (κ3) is 6.66. The van der Waals surface area contributed by atoms with Gasteiger partial charge in [-0.25, -0.2) is 0 Å². The van der Waals surface area contributed by atoms with Crippen LogP contribution in [-0.4, -0.2) is 44.2 Å². The molecule has 2 rings (SSSR count). The number of ether oxygens (including phenoxy) is 1. The van der Waals surface area contributed by atoms with E-state index >= 15 is 0 Å². The maximum Gasteiger partial charge on any atom is 0.119 e. The van der Waals surface area contributed by atoms with Crippen LogP contribution in [0.5, 0.6) is 5.75 Å². The highest BCUT2D eigenvalue weighted by atomic mass is 16.5. The SMILES string of the molecule is CCN(CC)CCOc1ccc(/C=C(/C#N)c2ccc(N(CC)CC)cc2)cc1. The number of hydrogen-bond donors (Lipinski definition) is 0. The Morgan fingerprint density at radius 3 is 2.03 bits per heavy atom. The van der Waals surface area contributed by atoms with Crippen LogP contribution in [0.15, 0.2) is 48.5 Å². The summed E-state index contributed by atoms with van der Waals surface area (Å²) in [6.45, 7) is 14.2. The zero-order valence-corrected chi connectivity index (χ0v) is 18.2. The molecule has 0 aromatic heterocycles. The Bertz CT molecular complexity index is 795. The molecule has 4 nitrogen and oxygen atoms in total. The van der Waals surface area contributed by atoms with Crippen LogP contribution >= 0.6 is 0 Å². The van der Waals surface area contributed by atoms with E-state index in [1.54, 1.807) is 0 Å². The summed E-state index contributed by atoms with van der Waals surface area (Å²) in [5, 5.41) is 9.62. The fraction of sp³-hybridized carbons (Fsp3) is 0.400. The van der Waals surface area contributed by atoms with E-state index in [0.717, 1.165) is 49.6 Å². The first-order valence-electron chi connectivity index (χ1n) is 10.6. The van der Waals surface area contributed by atoms with Gasteiger partial charge >= 0.3 is 0 Å². The molecule has 0 bridgehead atoms. The summed E-state index contributed by atoms with van der Waals surface area (Å²) < 4.78 is 5.84. The summed E-state index contributed by atoms with van der Waals surface area (Å²) in [4.78, 5) is 4.63. The Balaban J connectivity index is 2.04. The summed E-state index contributed by atoms with van der Waals surface area (Å²) in [5.74, 6) is 0.858. The Kier molecular flexibility index (Phi) is 9.27. The molecule has 0 aliphatic carbocycles. The van der Waals surface area contributed by atoms with E-state index in [4.69, 9.17) is 4.74 Å². The molecule has 0 saturated heterocycles. The number of rotatable bonds is 11. The average Bonchev–Trinajstić information content (AvgIpc) is 2.77. The van der Waals surface area contributed by atoms with E-state index in [-0.39, 0.29) is 0 Å². The standard InChI is InChI=1S/C25H33N3O/c1-5-27(6-2)17-18-29-25-15-9-21(10-16-25)19-23(20-26)22-11-13-24(14-12-22)28(7-3)8-4/h9-16,19H,5-8,17-18H2,1-4H3/b23-19-. The van der Waals surface area contributed by atoms with E-state index in [9.17, 15) is 5.26 Å². The predicted octanol–water partition coefficient (Wildman–Crippen LogP) is 5.32. The van der Waals surface area contributed by atoms with Crippen LogP contribution in [0.3, 0.4) is 0 Å². The fourth-order valence-corrected chi connectivity index (χ4v) is 3.28. The van der Waals surface area contributed by atoms with Crippen LogP contribution in [0.25, 0.3) is 11.6 Å². The molecule has 0 radical (unpaired) electrons. The number of benzene rings is 2. The lowest BCUT2D eigenvalue weighted by molar-refractivity contribution is 0.223. The van der Waals surface area contributed by atoms with E-state index in [2.05, 4.69) is 55.7 Å². The molecule has 0 atom stereocenters. The van der Waals surface area contributed by atoms with Gasteiger partial charge in [0.05, 0.1) is 11.6 Å². The molecule has 0 N–H and O–H groups in total. The van der Waals surface area contributed by atoms with Crippen molar-refractivity contribution in [1.29, 1.82) is 5.26 Å². The van der Waals surface area contributed by atoms with E-state index in [1.807, 2.05) is 42.5 Å². The number of allylic oxidation sites excluding steroid dienone is 1. The lowest BCUT2D eigenvalue weighted by Crippen LogP contribution is -2.27. The van der Waals surface area contributed by atoms with Gasteiger partial charge in [0.15, 0.2) is 0 Å². The Morgan fingerprint density at radius 2 is 1.52 bits per heavy atom. The summed E-state index contributed by atoms with van der Waals surface area (Å²) in [6, 6.07) is 18.5. The molecule has 4 heteroatoms. The van der Waals surface area contributed by atoms with Gasteiger partial charge in [-0.3, -0.25) is 0 Å². The molecule has 0 saturated carbocycles. The van der Waals surface area contributed by atoms with Gasteiger partial charge in [0.2, 0.25) is 0 Å². The van der Waals surface area contributed by atoms with Gasteiger partial charge in [0, 0.05) is 25.3 Å². The molecule has 0 unspecified atom stereocenters. The van der Waals surface area contributed by atoms with Crippen molar-refractivity contribution in [3.8, 4) is 11.8 Å². The molecule has 0 heterocycles. The van der Waals surface area contributed by atoms with E-state index in [0.29, 0.717) is 12.2 Å². The van der Waals surface area contributed by atoms with Crippen molar-refractivity contribution in [2.75, 3.05) is 44.2 Å². The molecular weight excluding hydrogens is 358 g/mol. The van der Waals surface area contributed by atoms with Crippen molar-refractivity contribution in [2.45, 2.75) is 27.7 Å². The molecule has 0 spiro atoms. The van der Waals surface area contributed by atoms with E-state index in [1.165, 1.54) is 5.69 Å². The molecule has 0 aliphatic rings. The summed E-state index contributed by atoms with van der Waals surface area (Å²) >= 11 is 0. The second kappa shape index (κ2) is 11.9. The highest BCUT2D eigenvalue weighted by Crippen LogP contribution is 2.22. The van der Waals surface area contributed by atoms with Gasteiger partial charge in [0.1, 0.15) is 12.4 Å². The van der Waals surface area contributed by atoms with Crippen LogP contribution in [0.1, 0.15) is 38.8 Å². The maximum absolute atomic E-state index is 9.62. The second-order valence-electron chi connectivity index (χ2n) is 6.83. The van der Waals surface area contributed by atoms with Crippen LogP contribution < -0.4 is 9.64 Å². The van der Waals surface area contributed by atoms with Crippen LogP contribution in [0.4, 0.5) is 5.69 Å². The average molecular weight is 392 g/mol. The molecule has 29 heavy (non-hydrogen) atoms. The summed E-state index contributed by atoms with van der Waals surface area (Å²) in [6.07, 6.45) is 1.92. The molecule has 154 valence electrons. The molecule has 0 fully saturated rings. The Labute approximate surface area is 176 Å². The van der Waals surface area contributed by atoms with E-state index < -0.39 is 0 Å². The highest BCUT2D eigenvalue weighted by molar-refractivity contribution is 5.89. The molecule has 0 amide bonds. The fourth-order valence-electron chi connectivity index (χ4n) is 3.28. The molecular formula is C25H33N3O. The van der Waals surface area contributed by atoms with Crippen molar-refractivity contribution >= 4 is 17.3 Å². The van der Waals surface area contributed by atoms with Crippen molar-refractivity contribution in [2.24, 2.45) is 0 Å². The first kappa shape index (κ1) is 22.5. The van der Waals surface area contributed by atoms with Crippen LogP contribution in [0.2, 0.25) is 0 Å². The predicted molar refractivity (Wildman–Crippen MR) is 123 cm³/mol. The zero-order chi connectivity index (χ0) is 21.1. The maximum atomic E-state index is 9.62. The van der Waals surface area contributed by atoms with Crippen LogP contribution in [0, 0.1) is 11.3 Å². The topological polar surface area (TPSA) is 39.5 Å². The number of nitrogens with zero attached hydrogens (tertiary/aromatic N) is 3. The molecule has 2 aromatic rings. The third-order valence-corrected chi connectivity index (χ3v) is 5.19. The quantitative estimate of drug-likeness (QED) is 0.384. The normalized spacial score (nSPS) is 11.4. The van der Waals surface area contributed by atoms with Crippen molar-refractivity contribution < 1.29 is 4.74 Å². The smallest absolute Gasteiger partial charge is 0.119 e.